The minimum Gasteiger partial charge on any atom is -0.392 e. The zero-order valence-corrected chi connectivity index (χ0v) is 9.51. The third-order valence-electron chi connectivity index (χ3n) is 2.28. The number of aromatic nitrogens is 4. The molecule has 5 nitrogen and oxygen atoms in total. The molecule has 0 bridgehead atoms. The van der Waals surface area contributed by atoms with E-state index in [-0.39, 0.29) is 11.4 Å². The molecule has 0 amide bonds. The first kappa shape index (κ1) is 12.4. The predicted octanol–water partition coefficient (Wildman–Crippen LogP) is 1.67. The van der Waals surface area contributed by atoms with Gasteiger partial charge in [0.2, 0.25) is 0 Å². The second-order valence-electron chi connectivity index (χ2n) is 3.55. The van der Waals surface area contributed by atoms with Crippen molar-refractivity contribution in [3.8, 4) is 11.5 Å². The van der Waals surface area contributed by atoms with E-state index in [4.69, 9.17) is 5.11 Å². The van der Waals surface area contributed by atoms with E-state index < -0.39 is 18.7 Å². The lowest BCUT2D eigenvalue weighted by Crippen LogP contribution is -2.03. The van der Waals surface area contributed by atoms with Gasteiger partial charge in [-0.1, -0.05) is 0 Å². The Morgan fingerprint density at radius 3 is 2.67 bits per heavy atom. The molecule has 0 aliphatic heterocycles. The Labute approximate surface area is 102 Å². The van der Waals surface area contributed by atoms with E-state index in [0.29, 0.717) is 11.5 Å². The second kappa shape index (κ2) is 5.09. The molecular weight excluding hydrogens is 242 g/mol. The molecular formula is C11H10F2N4O. The average molecular weight is 252 g/mol. The van der Waals surface area contributed by atoms with Gasteiger partial charge in [0, 0.05) is 18.0 Å². The Morgan fingerprint density at radius 1 is 1.28 bits per heavy atom. The van der Waals surface area contributed by atoms with Crippen LogP contribution in [-0.2, 0) is 6.61 Å². The standard InChI is InChI=1S/C11H10F2N4O/c1-6-14-3-2-8(16-6)11-15-4-7(5-18)9(17-11)10(12)13/h2-4,10,18H,5H2,1H3. The van der Waals surface area contributed by atoms with Crippen LogP contribution < -0.4 is 0 Å². The van der Waals surface area contributed by atoms with Gasteiger partial charge in [0.05, 0.1) is 6.61 Å². The van der Waals surface area contributed by atoms with Crippen molar-refractivity contribution in [3.63, 3.8) is 0 Å². The predicted molar refractivity (Wildman–Crippen MR) is 58.7 cm³/mol. The van der Waals surface area contributed by atoms with Gasteiger partial charge in [-0.05, 0) is 13.0 Å². The van der Waals surface area contributed by atoms with E-state index in [0.717, 1.165) is 0 Å². The first-order valence-electron chi connectivity index (χ1n) is 5.16. The molecule has 7 heteroatoms. The minimum atomic E-state index is -2.77. The van der Waals surface area contributed by atoms with Crippen LogP contribution in [-0.4, -0.2) is 25.0 Å². The average Bonchev–Trinajstić information content (AvgIpc) is 2.38. The van der Waals surface area contributed by atoms with Gasteiger partial charge >= 0.3 is 0 Å². The van der Waals surface area contributed by atoms with Crippen molar-refractivity contribution in [2.24, 2.45) is 0 Å². The van der Waals surface area contributed by atoms with Crippen LogP contribution in [0.5, 0.6) is 0 Å². The number of nitrogens with zero attached hydrogens (tertiary/aromatic N) is 4. The number of hydrogen-bond acceptors (Lipinski definition) is 5. The molecule has 2 aromatic heterocycles. The largest absolute Gasteiger partial charge is 0.392 e. The number of aliphatic hydroxyl groups is 1. The van der Waals surface area contributed by atoms with Crippen LogP contribution in [0.4, 0.5) is 8.78 Å². The number of hydrogen-bond donors (Lipinski definition) is 1. The number of alkyl halides is 2. The van der Waals surface area contributed by atoms with Crippen LogP contribution in [0.3, 0.4) is 0 Å². The maximum absolute atomic E-state index is 12.8. The van der Waals surface area contributed by atoms with E-state index >= 15 is 0 Å². The molecule has 18 heavy (non-hydrogen) atoms. The molecule has 1 N–H and O–H groups in total. The summed E-state index contributed by atoms with van der Waals surface area (Å²) in [6, 6.07) is 1.54. The summed E-state index contributed by atoms with van der Waals surface area (Å²) in [5.74, 6) is 0.592. The van der Waals surface area contributed by atoms with Crippen LogP contribution in [0.15, 0.2) is 18.5 Å². The molecule has 0 unspecified atom stereocenters. The SMILES string of the molecule is Cc1nccc(-c2ncc(CO)c(C(F)F)n2)n1. The summed E-state index contributed by atoms with van der Waals surface area (Å²) in [5, 5.41) is 8.93. The lowest BCUT2D eigenvalue weighted by molar-refractivity contribution is 0.141. The molecule has 2 aromatic rings. The molecule has 2 rings (SSSR count). The molecule has 94 valence electrons. The molecule has 0 saturated carbocycles. The molecule has 0 atom stereocenters. The van der Waals surface area contributed by atoms with E-state index in [2.05, 4.69) is 19.9 Å². The molecule has 2 heterocycles. The normalized spacial score (nSPS) is 10.9. The van der Waals surface area contributed by atoms with Crippen molar-refractivity contribution < 1.29 is 13.9 Å². The van der Waals surface area contributed by atoms with Gasteiger partial charge in [-0.15, -0.1) is 0 Å². The molecule has 0 saturated heterocycles. The fraction of sp³-hybridized carbons (Fsp3) is 0.273. The Kier molecular flexibility index (Phi) is 3.52. The lowest BCUT2D eigenvalue weighted by atomic mass is 10.2. The summed E-state index contributed by atoms with van der Waals surface area (Å²) < 4.78 is 25.5. The highest BCUT2D eigenvalue weighted by molar-refractivity contribution is 5.48. The Bertz CT molecular complexity index is 562. The maximum atomic E-state index is 12.8. The van der Waals surface area contributed by atoms with Crippen molar-refractivity contribution in [1.29, 1.82) is 0 Å². The molecule has 0 radical (unpaired) electrons. The van der Waals surface area contributed by atoms with E-state index in [1.165, 1.54) is 18.5 Å². The van der Waals surface area contributed by atoms with Gasteiger partial charge in [-0.2, -0.15) is 0 Å². The van der Waals surface area contributed by atoms with Crippen molar-refractivity contribution >= 4 is 0 Å². The van der Waals surface area contributed by atoms with Gasteiger partial charge in [-0.25, -0.2) is 28.7 Å². The summed E-state index contributed by atoms with van der Waals surface area (Å²) in [6.45, 7) is 1.16. The number of rotatable bonds is 3. The van der Waals surface area contributed by atoms with Crippen molar-refractivity contribution in [1.82, 2.24) is 19.9 Å². The summed E-state index contributed by atoms with van der Waals surface area (Å²) in [4.78, 5) is 15.6. The topological polar surface area (TPSA) is 71.8 Å². The number of aryl methyl sites for hydroxylation is 1. The fourth-order valence-electron chi connectivity index (χ4n) is 1.43. The van der Waals surface area contributed by atoms with Crippen LogP contribution in [0, 0.1) is 6.92 Å². The van der Waals surface area contributed by atoms with Gasteiger partial charge in [0.15, 0.2) is 5.82 Å². The minimum absolute atomic E-state index is 0.0135. The smallest absolute Gasteiger partial charge is 0.280 e. The van der Waals surface area contributed by atoms with Crippen molar-refractivity contribution in [2.45, 2.75) is 20.0 Å². The summed E-state index contributed by atoms with van der Waals surface area (Å²) >= 11 is 0. The molecule has 0 aliphatic rings. The summed E-state index contributed by atoms with van der Waals surface area (Å²) in [7, 11) is 0. The third kappa shape index (κ3) is 2.45. The number of aliphatic hydroxyl groups excluding tert-OH is 1. The quantitative estimate of drug-likeness (QED) is 0.899. The summed E-state index contributed by atoms with van der Waals surface area (Å²) in [6.07, 6.45) is -0.0820. The maximum Gasteiger partial charge on any atom is 0.280 e. The molecule has 0 spiro atoms. The van der Waals surface area contributed by atoms with Gasteiger partial charge in [0.1, 0.15) is 17.2 Å². The van der Waals surface area contributed by atoms with E-state index in [1.54, 1.807) is 6.92 Å². The zero-order chi connectivity index (χ0) is 13.1. The molecule has 0 aliphatic carbocycles. The number of halogens is 2. The van der Waals surface area contributed by atoms with E-state index in [9.17, 15) is 8.78 Å². The first-order chi connectivity index (χ1) is 8.61. The molecule has 0 fully saturated rings. The first-order valence-corrected chi connectivity index (χ1v) is 5.16. The summed E-state index contributed by atoms with van der Waals surface area (Å²) in [5.41, 5.74) is -0.0906. The Hall–Kier alpha value is -2.02. The van der Waals surface area contributed by atoms with Crippen molar-refractivity contribution in [2.75, 3.05) is 0 Å². The van der Waals surface area contributed by atoms with Gasteiger partial charge < -0.3 is 5.11 Å². The Balaban J connectivity index is 2.50. The van der Waals surface area contributed by atoms with Gasteiger partial charge in [0.25, 0.3) is 6.43 Å². The van der Waals surface area contributed by atoms with Crippen molar-refractivity contribution in [3.05, 3.63) is 35.5 Å². The highest BCUT2D eigenvalue weighted by Gasteiger charge is 2.17. The molecule has 0 aromatic carbocycles. The Morgan fingerprint density at radius 2 is 2.06 bits per heavy atom. The zero-order valence-electron chi connectivity index (χ0n) is 9.51. The van der Waals surface area contributed by atoms with Gasteiger partial charge in [-0.3, -0.25) is 0 Å². The van der Waals surface area contributed by atoms with Crippen LogP contribution in [0.2, 0.25) is 0 Å². The van der Waals surface area contributed by atoms with Crippen LogP contribution in [0.1, 0.15) is 23.5 Å². The monoisotopic (exact) mass is 252 g/mol. The highest BCUT2D eigenvalue weighted by Crippen LogP contribution is 2.22. The van der Waals surface area contributed by atoms with E-state index in [1.807, 2.05) is 0 Å². The highest BCUT2D eigenvalue weighted by atomic mass is 19.3. The lowest BCUT2D eigenvalue weighted by Gasteiger charge is -2.07. The fourth-order valence-corrected chi connectivity index (χ4v) is 1.43. The second-order valence-corrected chi connectivity index (χ2v) is 3.55. The third-order valence-corrected chi connectivity index (χ3v) is 2.28. The van der Waals surface area contributed by atoms with Crippen LogP contribution >= 0.6 is 0 Å². The van der Waals surface area contributed by atoms with Crippen LogP contribution in [0.25, 0.3) is 11.5 Å².